The fourth-order valence-corrected chi connectivity index (χ4v) is 2.29. The largest absolute Gasteiger partial charge is 0.446 e. The van der Waals surface area contributed by atoms with Crippen LogP contribution in [0.1, 0.15) is 0 Å². The van der Waals surface area contributed by atoms with E-state index >= 15 is 0 Å². The van der Waals surface area contributed by atoms with Crippen molar-refractivity contribution >= 4 is 31.5 Å². The Morgan fingerprint density at radius 2 is 1.87 bits per heavy atom. The highest BCUT2D eigenvalue weighted by molar-refractivity contribution is 8.13. The van der Waals surface area contributed by atoms with Crippen LogP contribution in [-0.4, -0.2) is 13.9 Å². The lowest BCUT2D eigenvalue weighted by molar-refractivity contribution is -0.0328. The second kappa shape index (κ2) is 4.23. The second-order valence-electron chi connectivity index (χ2n) is 2.46. The van der Waals surface area contributed by atoms with Crippen LogP contribution < -0.4 is 0 Å². The van der Waals surface area contributed by atoms with Crippen molar-refractivity contribution in [2.24, 2.45) is 0 Å². The SMILES string of the molecule is O=S(=O)(Cl)c1cccc(SC(F)(F)F)c1. The van der Waals surface area contributed by atoms with Gasteiger partial charge in [-0.2, -0.15) is 13.2 Å². The fraction of sp³-hybridized carbons (Fsp3) is 0.143. The molecule has 0 aliphatic carbocycles. The zero-order valence-electron chi connectivity index (χ0n) is 6.95. The predicted octanol–water partition coefficient (Wildman–Crippen LogP) is 3.23. The van der Waals surface area contributed by atoms with Crippen LogP contribution in [0.15, 0.2) is 34.1 Å². The fourth-order valence-electron chi connectivity index (χ4n) is 0.823. The number of hydrogen-bond donors (Lipinski definition) is 0. The van der Waals surface area contributed by atoms with E-state index in [1.165, 1.54) is 6.07 Å². The average Bonchev–Trinajstić information content (AvgIpc) is 1.99. The van der Waals surface area contributed by atoms with Crippen molar-refractivity contribution in [1.29, 1.82) is 0 Å². The van der Waals surface area contributed by atoms with E-state index in [0.717, 1.165) is 18.2 Å². The molecule has 0 saturated carbocycles. The number of benzene rings is 1. The molecule has 0 atom stereocenters. The molecule has 15 heavy (non-hydrogen) atoms. The Morgan fingerprint density at radius 3 is 2.33 bits per heavy atom. The molecular formula is C7H4ClF3O2S2. The Morgan fingerprint density at radius 1 is 1.27 bits per heavy atom. The smallest absolute Gasteiger partial charge is 0.207 e. The van der Waals surface area contributed by atoms with Crippen molar-refractivity contribution in [2.75, 3.05) is 0 Å². The molecule has 1 aromatic rings. The van der Waals surface area contributed by atoms with Crippen molar-refractivity contribution in [3.05, 3.63) is 24.3 Å². The summed E-state index contributed by atoms with van der Waals surface area (Å²) >= 11 is -0.392. The van der Waals surface area contributed by atoms with Gasteiger partial charge < -0.3 is 0 Å². The summed E-state index contributed by atoms with van der Waals surface area (Å²) in [5.74, 6) is 0. The van der Waals surface area contributed by atoms with Crippen molar-refractivity contribution in [3.8, 4) is 0 Å². The molecule has 8 heteroatoms. The Kier molecular flexibility index (Phi) is 3.57. The molecule has 0 aromatic heterocycles. The van der Waals surface area contributed by atoms with Gasteiger partial charge in [-0.05, 0) is 30.0 Å². The van der Waals surface area contributed by atoms with Gasteiger partial charge in [0, 0.05) is 15.6 Å². The third-order valence-electron chi connectivity index (χ3n) is 1.32. The van der Waals surface area contributed by atoms with E-state index in [0.29, 0.717) is 0 Å². The van der Waals surface area contributed by atoms with Gasteiger partial charge in [0.1, 0.15) is 0 Å². The molecular weight excluding hydrogens is 273 g/mol. The monoisotopic (exact) mass is 276 g/mol. The van der Waals surface area contributed by atoms with Crippen LogP contribution in [0, 0.1) is 0 Å². The van der Waals surface area contributed by atoms with Gasteiger partial charge in [0.05, 0.1) is 4.90 Å². The van der Waals surface area contributed by atoms with Gasteiger partial charge in [-0.15, -0.1) is 0 Å². The molecule has 2 nitrogen and oxygen atoms in total. The molecule has 1 aromatic carbocycles. The van der Waals surface area contributed by atoms with Gasteiger partial charge in [0.15, 0.2) is 0 Å². The third-order valence-corrected chi connectivity index (χ3v) is 3.39. The lowest BCUT2D eigenvalue weighted by atomic mass is 10.4. The molecule has 0 amide bonds. The molecule has 0 bridgehead atoms. The summed E-state index contributed by atoms with van der Waals surface area (Å²) in [5, 5.41) is 0. The lowest BCUT2D eigenvalue weighted by Crippen LogP contribution is -1.99. The van der Waals surface area contributed by atoms with Crippen LogP contribution >= 0.6 is 22.4 Å². The standard InChI is InChI=1S/C7H4ClF3O2S2/c8-15(12,13)6-3-1-2-5(4-6)14-7(9,10)11/h1-4H. The predicted molar refractivity (Wildman–Crippen MR) is 51.4 cm³/mol. The molecule has 1 rings (SSSR count). The minimum absolute atomic E-state index is 0.218. The minimum Gasteiger partial charge on any atom is -0.207 e. The van der Waals surface area contributed by atoms with Crippen LogP contribution in [0.3, 0.4) is 0 Å². The number of halogens is 4. The maximum Gasteiger partial charge on any atom is 0.446 e. The first-order valence-corrected chi connectivity index (χ1v) is 6.61. The van der Waals surface area contributed by atoms with Crippen molar-refractivity contribution in [1.82, 2.24) is 0 Å². The first kappa shape index (κ1) is 12.7. The normalized spacial score (nSPS) is 12.8. The molecule has 0 fully saturated rings. The topological polar surface area (TPSA) is 34.1 Å². The van der Waals surface area contributed by atoms with E-state index in [-0.39, 0.29) is 9.79 Å². The summed E-state index contributed by atoms with van der Waals surface area (Å²) < 4.78 is 57.5. The summed E-state index contributed by atoms with van der Waals surface area (Å²) in [4.78, 5) is -0.567. The van der Waals surface area contributed by atoms with Gasteiger partial charge in [-0.1, -0.05) is 6.07 Å². The van der Waals surface area contributed by atoms with Crippen LogP contribution in [0.2, 0.25) is 0 Å². The van der Waals surface area contributed by atoms with Gasteiger partial charge in [-0.25, -0.2) is 8.42 Å². The highest BCUT2D eigenvalue weighted by atomic mass is 35.7. The molecule has 0 radical (unpaired) electrons. The van der Waals surface area contributed by atoms with Crippen molar-refractivity contribution in [2.45, 2.75) is 15.3 Å². The number of hydrogen-bond acceptors (Lipinski definition) is 3. The summed E-state index contributed by atoms with van der Waals surface area (Å²) in [5.41, 5.74) is -4.45. The summed E-state index contributed by atoms with van der Waals surface area (Å²) in [6, 6.07) is 4.36. The van der Waals surface area contributed by atoms with Crippen molar-refractivity contribution < 1.29 is 21.6 Å². The second-order valence-corrected chi connectivity index (χ2v) is 6.16. The maximum atomic E-state index is 12.0. The van der Waals surface area contributed by atoms with Gasteiger partial charge >= 0.3 is 5.51 Å². The molecule has 0 unspecified atom stereocenters. The number of thioether (sulfide) groups is 1. The number of alkyl halides is 3. The zero-order chi connectivity index (χ0) is 11.7. The zero-order valence-corrected chi connectivity index (χ0v) is 9.34. The number of rotatable bonds is 2. The van der Waals surface area contributed by atoms with E-state index in [1.54, 1.807) is 0 Å². The lowest BCUT2D eigenvalue weighted by Gasteiger charge is -2.05. The Balaban J connectivity index is 3.04. The quantitative estimate of drug-likeness (QED) is 0.614. The van der Waals surface area contributed by atoms with Gasteiger partial charge in [-0.3, -0.25) is 0 Å². The van der Waals surface area contributed by atoms with Crippen molar-refractivity contribution in [3.63, 3.8) is 0 Å². The molecule has 0 N–H and O–H groups in total. The minimum atomic E-state index is -4.45. The average molecular weight is 277 g/mol. The van der Waals surface area contributed by atoms with Crippen LogP contribution in [0.4, 0.5) is 13.2 Å². The summed E-state index contributed by atoms with van der Waals surface area (Å²) in [7, 11) is 0.994. The van der Waals surface area contributed by atoms with Gasteiger partial charge in [0.2, 0.25) is 0 Å². The molecule has 0 aliphatic heterocycles. The van der Waals surface area contributed by atoms with E-state index in [1.807, 2.05) is 0 Å². The van der Waals surface area contributed by atoms with E-state index < -0.39 is 26.3 Å². The third kappa shape index (κ3) is 4.31. The molecule has 0 heterocycles. The highest BCUT2D eigenvalue weighted by Gasteiger charge is 2.29. The van der Waals surface area contributed by atoms with E-state index in [4.69, 9.17) is 10.7 Å². The van der Waals surface area contributed by atoms with E-state index in [2.05, 4.69) is 0 Å². The first-order valence-electron chi connectivity index (χ1n) is 3.49. The molecule has 84 valence electrons. The Hall–Kier alpha value is -0.400. The molecule has 0 aliphatic rings. The van der Waals surface area contributed by atoms with Gasteiger partial charge in [0.25, 0.3) is 9.05 Å². The Bertz CT molecular complexity index is 456. The van der Waals surface area contributed by atoms with Crippen LogP contribution in [0.5, 0.6) is 0 Å². The molecule has 0 spiro atoms. The maximum absolute atomic E-state index is 12.0. The first-order chi connectivity index (χ1) is 6.68. The highest BCUT2D eigenvalue weighted by Crippen LogP contribution is 2.37. The summed E-state index contributed by atoms with van der Waals surface area (Å²) in [6.45, 7) is 0. The van der Waals surface area contributed by atoms with Crippen LogP contribution in [-0.2, 0) is 9.05 Å². The molecule has 0 saturated heterocycles. The summed E-state index contributed by atoms with van der Waals surface area (Å²) in [6.07, 6.45) is 0. The van der Waals surface area contributed by atoms with Crippen LogP contribution in [0.25, 0.3) is 0 Å². The van der Waals surface area contributed by atoms with E-state index in [9.17, 15) is 21.6 Å². The Labute approximate surface area is 92.8 Å².